The van der Waals surface area contributed by atoms with Crippen LogP contribution in [0, 0.1) is 0 Å². The highest BCUT2D eigenvalue weighted by atomic mass is 16.5. The lowest BCUT2D eigenvalue weighted by Crippen LogP contribution is -2.41. The third-order valence-corrected chi connectivity index (χ3v) is 3.70. The van der Waals surface area contributed by atoms with Gasteiger partial charge < -0.3 is 10.5 Å². The summed E-state index contributed by atoms with van der Waals surface area (Å²) in [5.41, 5.74) is 8.08. The monoisotopic (exact) mass is 218 g/mol. The van der Waals surface area contributed by atoms with Gasteiger partial charge in [0.25, 0.3) is 0 Å². The van der Waals surface area contributed by atoms with Crippen molar-refractivity contribution in [2.24, 2.45) is 0 Å². The first kappa shape index (κ1) is 9.97. The van der Waals surface area contributed by atoms with Crippen LogP contribution < -0.4 is 10.5 Å². The molecule has 0 bridgehead atoms. The molecule has 1 unspecified atom stereocenters. The van der Waals surface area contributed by atoms with E-state index in [1.807, 2.05) is 18.2 Å². The first-order valence-corrected chi connectivity index (χ1v) is 6.09. The Bertz CT molecular complexity index is 386. The van der Waals surface area contributed by atoms with Crippen LogP contribution in [0.2, 0.25) is 0 Å². The number of ether oxygens (including phenoxy) is 1. The van der Waals surface area contributed by atoms with Crippen LogP contribution in [0.3, 0.4) is 0 Å². The van der Waals surface area contributed by atoms with E-state index in [1.165, 1.54) is 31.5 Å². The molecule has 2 aliphatic rings. The Hall–Kier alpha value is -1.22. The largest absolute Gasteiger partial charge is 0.492 e. The van der Waals surface area contributed by atoms with Gasteiger partial charge in [-0.1, -0.05) is 6.07 Å². The lowest BCUT2D eigenvalue weighted by molar-refractivity contribution is 0.142. The standard InChI is InChI=1S/C13H18N2O/c14-12-4-3-5-13-11(12)8-10(9-16-13)15-6-1-2-7-15/h3-5,10H,1-2,6-9,14H2. The summed E-state index contributed by atoms with van der Waals surface area (Å²) >= 11 is 0. The molecule has 2 N–H and O–H groups in total. The molecule has 3 nitrogen and oxygen atoms in total. The van der Waals surface area contributed by atoms with Crippen molar-refractivity contribution in [1.29, 1.82) is 0 Å². The zero-order valence-electron chi connectivity index (χ0n) is 9.48. The molecule has 0 saturated carbocycles. The van der Waals surface area contributed by atoms with Gasteiger partial charge in [0.2, 0.25) is 0 Å². The number of nitrogen functional groups attached to an aromatic ring is 1. The minimum atomic E-state index is 0.527. The van der Waals surface area contributed by atoms with E-state index in [1.54, 1.807) is 0 Å². The van der Waals surface area contributed by atoms with E-state index in [4.69, 9.17) is 10.5 Å². The molecule has 1 aromatic carbocycles. The van der Waals surface area contributed by atoms with Gasteiger partial charge in [0.05, 0.1) is 0 Å². The number of nitrogens with two attached hydrogens (primary N) is 1. The second-order valence-corrected chi connectivity index (χ2v) is 4.74. The van der Waals surface area contributed by atoms with Crippen LogP contribution in [-0.4, -0.2) is 30.6 Å². The van der Waals surface area contributed by atoms with E-state index in [2.05, 4.69) is 4.90 Å². The summed E-state index contributed by atoms with van der Waals surface area (Å²) in [5.74, 6) is 0.982. The van der Waals surface area contributed by atoms with Crippen molar-refractivity contribution in [1.82, 2.24) is 4.90 Å². The van der Waals surface area contributed by atoms with Crippen LogP contribution >= 0.6 is 0 Å². The van der Waals surface area contributed by atoms with Crippen molar-refractivity contribution in [2.45, 2.75) is 25.3 Å². The van der Waals surface area contributed by atoms with Gasteiger partial charge in [-0.2, -0.15) is 0 Å². The van der Waals surface area contributed by atoms with Crippen molar-refractivity contribution in [2.75, 3.05) is 25.4 Å². The minimum absolute atomic E-state index is 0.527. The Morgan fingerprint density at radius 1 is 1.25 bits per heavy atom. The maximum Gasteiger partial charge on any atom is 0.124 e. The second-order valence-electron chi connectivity index (χ2n) is 4.74. The van der Waals surface area contributed by atoms with Gasteiger partial charge in [0.15, 0.2) is 0 Å². The number of hydrogen-bond donors (Lipinski definition) is 1. The fourth-order valence-corrected chi connectivity index (χ4v) is 2.76. The third kappa shape index (κ3) is 1.65. The number of rotatable bonds is 1. The van der Waals surface area contributed by atoms with Crippen molar-refractivity contribution in [3.8, 4) is 5.75 Å². The number of anilines is 1. The molecule has 0 radical (unpaired) electrons. The average molecular weight is 218 g/mol. The summed E-state index contributed by atoms with van der Waals surface area (Å²) in [7, 11) is 0. The van der Waals surface area contributed by atoms with E-state index in [0.29, 0.717) is 6.04 Å². The van der Waals surface area contributed by atoms with Gasteiger partial charge in [-0.3, -0.25) is 4.90 Å². The first-order valence-electron chi connectivity index (χ1n) is 6.09. The van der Waals surface area contributed by atoms with Crippen LogP contribution in [0.25, 0.3) is 0 Å². The number of nitrogens with zero attached hydrogens (tertiary/aromatic N) is 1. The summed E-state index contributed by atoms with van der Waals surface area (Å²) in [6.45, 7) is 3.25. The Kier molecular flexibility index (Phi) is 2.48. The lowest BCUT2D eigenvalue weighted by Gasteiger charge is -2.32. The van der Waals surface area contributed by atoms with Crippen LogP contribution in [0.1, 0.15) is 18.4 Å². The molecular formula is C13H18N2O. The summed E-state index contributed by atoms with van der Waals surface area (Å²) in [4.78, 5) is 2.54. The summed E-state index contributed by atoms with van der Waals surface area (Å²) in [6.07, 6.45) is 3.70. The van der Waals surface area contributed by atoms with Gasteiger partial charge in [0, 0.05) is 17.3 Å². The van der Waals surface area contributed by atoms with E-state index >= 15 is 0 Å². The second kappa shape index (κ2) is 3.98. The van der Waals surface area contributed by atoms with Crippen molar-refractivity contribution in [3.05, 3.63) is 23.8 Å². The highest BCUT2D eigenvalue weighted by Gasteiger charge is 2.28. The molecule has 2 heterocycles. The fourth-order valence-electron chi connectivity index (χ4n) is 2.76. The molecule has 0 spiro atoms. The first-order chi connectivity index (χ1) is 7.84. The molecular weight excluding hydrogens is 200 g/mol. The fraction of sp³-hybridized carbons (Fsp3) is 0.538. The molecule has 1 aromatic rings. The Morgan fingerprint density at radius 2 is 2.06 bits per heavy atom. The van der Waals surface area contributed by atoms with Crippen LogP contribution in [0.4, 0.5) is 5.69 Å². The van der Waals surface area contributed by atoms with Gasteiger partial charge in [-0.05, 0) is 44.5 Å². The summed E-state index contributed by atoms with van der Waals surface area (Å²) < 4.78 is 5.81. The smallest absolute Gasteiger partial charge is 0.124 e. The molecule has 3 heteroatoms. The van der Waals surface area contributed by atoms with Gasteiger partial charge in [0.1, 0.15) is 12.4 Å². The topological polar surface area (TPSA) is 38.5 Å². The van der Waals surface area contributed by atoms with Crippen LogP contribution in [0.5, 0.6) is 5.75 Å². The van der Waals surface area contributed by atoms with Gasteiger partial charge in [-0.25, -0.2) is 0 Å². The molecule has 86 valence electrons. The molecule has 1 atom stereocenters. The van der Waals surface area contributed by atoms with Crippen molar-refractivity contribution in [3.63, 3.8) is 0 Å². The van der Waals surface area contributed by atoms with Crippen LogP contribution in [0.15, 0.2) is 18.2 Å². The summed E-state index contributed by atoms with van der Waals surface area (Å²) in [6, 6.07) is 6.48. The SMILES string of the molecule is Nc1cccc2c1CC(N1CCCC1)CO2. The maximum absolute atomic E-state index is 6.00. The number of likely N-dealkylation sites (tertiary alicyclic amines) is 1. The van der Waals surface area contributed by atoms with E-state index in [9.17, 15) is 0 Å². The lowest BCUT2D eigenvalue weighted by atomic mass is 10.00. The zero-order valence-corrected chi connectivity index (χ0v) is 9.48. The molecule has 3 rings (SSSR count). The highest BCUT2D eigenvalue weighted by Crippen LogP contribution is 2.31. The Labute approximate surface area is 96.2 Å². The van der Waals surface area contributed by atoms with Gasteiger partial charge >= 0.3 is 0 Å². The highest BCUT2D eigenvalue weighted by molar-refractivity contribution is 5.55. The zero-order chi connectivity index (χ0) is 11.0. The molecule has 0 aliphatic carbocycles. The van der Waals surface area contributed by atoms with Gasteiger partial charge in [-0.15, -0.1) is 0 Å². The van der Waals surface area contributed by atoms with Crippen molar-refractivity contribution < 1.29 is 4.74 Å². The van der Waals surface area contributed by atoms with E-state index in [-0.39, 0.29) is 0 Å². The predicted octanol–water partition coefficient (Wildman–Crippen LogP) is 1.67. The number of fused-ring (bicyclic) bond motifs is 1. The van der Waals surface area contributed by atoms with E-state index in [0.717, 1.165) is 24.5 Å². The number of benzene rings is 1. The molecule has 2 aliphatic heterocycles. The Balaban J connectivity index is 1.82. The molecule has 0 amide bonds. The van der Waals surface area contributed by atoms with Crippen molar-refractivity contribution >= 4 is 5.69 Å². The molecule has 0 aromatic heterocycles. The molecule has 16 heavy (non-hydrogen) atoms. The van der Waals surface area contributed by atoms with Crippen LogP contribution in [-0.2, 0) is 6.42 Å². The van der Waals surface area contributed by atoms with E-state index < -0.39 is 0 Å². The quantitative estimate of drug-likeness (QED) is 0.729. The predicted molar refractivity (Wildman–Crippen MR) is 64.6 cm³/mol. The normalized spacial score (nSPS) is 25.1. The molecule has 1 saturated heterocycles. The minimum Gasteiger partial charge on any atom is -0.492 e. The summed E-state index contributed by atoms with van der Waals surface area (Å²) in [5, 5.41) is 0. The molecule has 1 fully saturated rings. The maximum atomic E-state index is 6.00. The third-order valence-electron chi connectivity index (χ3n) is 3.70. The Morgan fingerprint density at radius 3 is 2.88 bits per heavy atom. The number of hydrogen-bond acceptors (Lipinski definition) is 3. The average Bonchev–Trinajstić information content (AvgIpc) is 2.83.